The molecule has 0 saturated heterocycles. The molecule has 0 atom stereocenters. The van der Waals surface area contributed by atoms with E-state index in [1.807, 2.05) is 0 Å². The summed E-state index contributed by atoms with van der Waals surface area (Å²) < 4.78 is 36.8. The molecular formula is C8H4F3NS2. The molecule has 0 saturated carbocycles. The molecule has 14 heavy (non-hydrogen) atoms. The van der Waals surface area contributed by atoms with Gasteiger partial charge in [-0.3, -0.25) is 0 Å². The second kappa shape index (κ2) is 3.43. The van der Waals surface area contributed by atoms with Gasteiger partial charge in [0.15, 0.2) is 0 Å². The van der Waals surface area contributed by atoms with Gasteiger partial charge in [-0.05, 0) is 30.0 Å². The predicted molar refractivity (Wildman–Crippen MR) is 51.5 cm³/mol. The van der Waals surface area contributed by atoms with Crippen LogP contribution in [-0.4, -0.2) is 10.5 Å². The van der Waals surface area contributed by atoms with Crippen molar-refractivity contribution in [3.63, 3.8) is 0 Å². The van der Waals surface area contributed by atoms with Crippen molar-refractivity contribution in [2.75, 3.05) is 0 Å². The smallest absolute Gasteiger partial charge is 0.245 e. The average Bonchev–Trinajstić information content (AvgIpc) is 2.47. The molecule has 2 aromatic rings. The summed E-state index contributed by atoms with van der Waals surface area (Å²) in [5, 5.41) is 0. The Hall–Kier alpha value is -0.750. The number of alkyl halides is 3. The number of benzene rings is 1. The lowest BCUT2D eigenvalue weighted by atomic mass is 10.3. The highest BCUT2D eigenvalue weighted by Crippen LogP contribution is 2.38. The van der Waals surface area contributed by atoms with E-state index < -0.39 is 5.51 Å². The van der Waals surface area contributed by atoms with Crippen molar-refractivity contribution in [2.45, 2.75) is 10.4 Å². The molecule has 0 N–H and O–H groups in total. The molecule has 0 aliphatic carbocycles. The van der Waals surface area contributed by atoms with Gasteiger partial charge in [-0.15, -0.1) is 11.3 Å². The summed E-state index contributed by atoms with van der Waals surface area (Å²) in [6.45, 7) is 0. The minimum atomic E-state index is -4.22. The second-order valence-corrected chi connectivity index (χ2v) is 4.55. The molecule has 0 bridgehead atoms. The van der Waals surface area contributed by atoms with Crippen molar-refractivity contribution in [1.82, 2.24) is 4.98 Å². The minimum absolute atomic E-state index is 0.102. The summed E-state index contributed by atoms with van der Waals surface area (Å²) in [7, 11) is 0. The zero-order valence-electron chi connectivity index (χ0n) is 6.71. The standard InChI is InChI=1S/C8H4F3NS2/c9-8(10,11)14-5-1-2-6-7(3-5)13-4-12-6/h1-4H. The van der Waals surface area contributed by atoms with Crippen molar-refractivity contribution < 1.29 is 13.2 Å². The Morgan fingerprint density at radius 3 is 2.79 bits per heavy atom. The van der Waals surface area contributed by atoms with E-state index in [9.17, 15) is 13.2 Å². The van der Waals surface area contributed by atoms with E-state index in [2.05, 4.69) is 4.98 Å². The lowest BCUT2D eigenvalue weighted by Gasteiger charge is -2.04. The summed E-state index contributed by atoms with van der Waals surface area (Å²) in [5.74, 6) is 0. The molecule has 1 aromatic heterocycles. The molecule has 0 aliphatic heterocycles. The zero-order valence-corrected chi connectivity index (χ0v) is 8.34. The van der Waals surface area contributed by atoms with Gasteiger partial charge in [-0.2, -0.15) is 13.2 Å². The molecule has 0 radical (unpaired) electrons. The quantitative estimate of drug-likeness (QED) is 0.695. The molecule has 0 fully saturated rings. The minimum Gasteiger partial charge on any atom is -0.245 e. The van der Waals surface area contributed by atoms with Crippen LogP contribution in [0.25, 0.3) is 10.2 Å². The first-order valence-electron chi connectivity index (χ1n) is 3.63. The van der Waals surface area contributed by atoms with E-state index >= 15 is 0 Å². The van der Waals surface area contributed by atoms with Crippen LogP contribution < -0.4 is 0 Å². The largest absolute Gasteiger partial charge is 0.446 e. The Morgan fingerprint density at radius 1 is 1.29 bits per heavy atom. The van der Waals surface area contributed by atoms with E-state index in [0.29, 0.717) is 0 Å². The maximum absolute atomic E-state index is 12.0. The average molecular weight is 235 g/mol. The van der Waals surface area contributed by atoms with Crippen LogP contribution >= 0.6 is 23.1 Å². The third-order valence-corrected chi connectivity index (χ3v) is 3.05. The van der Waals surface area contributed by atoms with Gasteiger partial charge >= 0.3 is 5.51 Å². The summed E-state index contributed by atoms with van der Waals surface area (Å²) in [6, 6.07) is 4.53. The van der Waals surface area contributed by atoms with Gasteiger partial charge in [0.2, 0.25) is 0 Å². The maximum Gasteiger partial charge on any atom is 0.446 e. The fourth-order valence-corrected chi connectivity index (χ4v) is 2.40. The Bertz CT molecular complexity index is 449. The summed E-state index contributed by atoms with van der Waals surface area (Å²) >= 11 is 1.23. The SMILES string of the molecule is FC(F)(F)Sc1ccc2ncsc2c1. The molecule has 1 aromatic carbocycles. The second-order valence-electron chi connectivity index (χ2n) is 2.53. The van der Waals surface area contributed by atoms with Crippen LogP contribution in [0.2, 0.25) is 0 Å². The molecular weight excluding hydrogens is 231 g/mol. The van der Waals surface area contributed by atoms with Gasteiger partial charge < -0.3 is 0 Å². The van der Waals surface area contributed by atoms with Crippen molar-refractivity contribution in [1.29, 1.82) is 0 Å². The number of halogens is 3. The third kappa shape index (κ3) is 2.19. The lowest BCUT2D eigenvalue weighted by molar-refractivity contribution is -0.0328. The zero-order chi connectivity index (χ0) is 10.2. The van der Waals surface area contributed by atoms with E-state index in [0.717, 1.165) is 10.2 Å². The number of aromatic nitrogens is 1. The summed E-state index contributed by atoms with van der Waals surface area (Å²) in [6.07, 6.45) is 0. The van der Waals surface area contributed by atoms with Crippen LogP contribution in [0.1, 0.15) is 0 Å². The molecule has 0 spiro atoms. The Kier molecular flexibility index (Phi) is 2.40. The van der Waals surface area contributed by atoms with Gasteiger partial charge in [-0.1, -0.05) is 0 Å². The normalized spacial score (nSPS) is 12.2. The number of hydrogen-bond acceptors (Lipinski definition) is 3. The highest BCUT2D eigenvalue weighted by molar-refractivity contribution is 8.00. The van der Waals surface area contributed by atoms with Crippen molar-refractivity contribution in [3.05, 3.63) is 23.7 Å². The lowest BCUT2D eigenvalue weighted by Crippen LogP contribution is -1.98. The third-order valence-electron chi connectivity index (χ3n) is 1.54. The van der Waals surface area contributed by atoms with E-state index in [1.54, 1.807) is 11.6 Å². The highest BCUT2D eigenvalue weighted by Gasteiger charge is 2.29. The summed E-state index contributed by atoms with van der Waals surface area (Å²) in [4.78, 5) is 4.19. The first-order chi connectivity index (χ1) is 6.54. The molecule has 0 unspecified atom stereocenters. The topological polar surface area (TPSA) is 12.9 Å². The summed E-state index contributed by atoms with van der Waals surface area (Å²) in [5.41, 5.74) is -1.87. The van der Waals surface area contributed by atoms with Gasteiger partial charge in [0.25, 0.3) is 0 Å². The molecule has 0 amide bonds. The molecule has 6 heteroatoms. The van der Waals surface area contributed by atoms with Gasteiger partial charge in [0, 0.05) is 4.90 Å². The van der Waals surface area contributed by atoms with E-state index in [1.165, 1.54) is 23.5 Å². The maximum atomic E-state index is 12.0. The van der Waals surface area contributed by atoms with Crippen LogP contribution in [0.15, 0.2) is 28.6 Å². The van der Waals surface area contributed by atoms with Crippen LogP contribution in [0.3, 0.4) is 0 Å². The van der Waals surface area contributed by atoms with E-state index in [-0.39, 0.29) is 16.7 Å². The van der Waals surface area contributed by atoms with E-state index in [4.69, 9.17) is 0 Å². The predicted octanol–water partition coefficient (Wildman–Crippen LogP) is 3.91. The number of thioether (sulfide) groups is 1. The van der Waals surface area contributed by atoms with Crippen LogP contribution in [0.4, 0.5) is 13.2 Å². The first kappa shape index (κ1) is 9.79. The van der Waals surface area contributed by atoms with Crippen molar-refractivity contribution in [2.24, 2.45) is 0 Å². The Balaban J connectivity index is 2.35. The van der Waals surface area contributed by atoms with Gasteiger partial charge in [0.1, 0.15) is 0 Å². The van der Waals surface area contributed by atoms with Gasteiger partial charge in [-0.25, -0.2) is 4.98 Å². The molecule has 1 heterocycles. The molecule has 2 rings (SSSR count). The van der Waals surface area contributed by atoms with Gasteiger partial charge in [0.05, 0.1) is 15.7 Å². The van der Waals surface area contributed by atoms with Crippen molar-refractivity contribution >= 4 is 33.3 Å². The number of thiazole rings is 1. The number of fused-ring (bicyclic) bond motifs is 1. The monoisotopic (exact) mass is 235 g/mol. The Labute approximate surface area is 86.0 Å². The first-order valence-corrected chi connectivity index (χ1v) is 5.33. The number of nitrogens with zero attached hydrogens (tertiary/aromatic N) is 1. The fourth-order valence-electron chi connectivity index (χ4n) is 1.03. The molecule has 1 nitrogen and oxygen atoms in total. The molecule has 74 valence electrons. The van der Waals surface area contributed by atoms with Crippen LogP contribution in [0.5, 0.6) is 0 Å². The highest BCUT2D eigenvalue weighted by atomic mass is 32.2. The number of rotatable bonds is 1. The van der Waals surface area contributed by atoms with Crippen LogP contribution in [0, 0.1) is 0 Å². The Morgan fingerprint density at radius 2 is 2.07 bits per heavy atom. The fraction of sp³-hybridized carbons (Fsp3) is 0.125. The van der Waals surface area contributed by atoms with Crippen LogP contribution in [-0.2, 0) is 0 Å². The molecule has 0 aliphatic rings. The number of hydrogen-bond donors (Lipinski definition) is 0. The van der Waals surface area contributed by atoms with Crippen molar-refractivity contribution in [3.8, 4) is 0 Å².